The molecule has 18 heavy (non-hydrogen) atoms. The maximum atomic E-state index is 5.55. The summed E-state index contributed by atoms with van der Waals surface area (Å²) in [4.78, 5) is 2.15. The minimum absolute atomic E-state index is 0.629. The number of likely N-dealkylation sites (N-methyl/N-ethyl adjacent to an activating group) is 1. The lowest BCUT2D eigenvalue weighted by atomic mass is 10.1. The maximum absolute atomic E-state index is 5.55. The van der Waals surface area contributed by atoms with Gasteiger partial charge in [-0.05, 0) is 27.4 Å². The molecule has 0 aliphatic carbocycles. The summed E-state index contributed by atoms with van der Waals surface area (Å²) in [5.74, 6) is 0. The van der Waals surface area contributed by atoms with Gasteiger partial charge in [0.2, 0.25) is 0 Å². The predicted molar refractivity (Wildman–Crippen MR) is 80.2 cm³/mol. The van der Waals surface area contributed by atoms with Crippen LogP contribution in [0.2, 0.25) is 0 Å². The van der Waals surface area contributed by atoms with E-state index < -0.39 is 0 Å². The van der Waals surface area contributed by atoms with E-state index in [1.807, 2.05) is 0 Å². The number of ether oxygens (including phenoxy) is 1. The molecule has 0 aromatic rings. The van der Waals surface area contributed by atoms with Crippen molar-refractivity contribution in [3.05, 3.63) is 0 Å². The zero-order chi connectivity index (χ0) is 13.6. The van der Waals surface area contributed by atoms with Gasteiger partial charge in [0.1, 0.15) is 0 Å². The number of nitrogens with zero attached hydrogens (tertiary/aromatic N) is 1. The van der Waals surface area contributed by atoms with E-state index in [4.69, 9.17) is 4.74 Å². The lowest BCUT2D eigenvalue weighted by Gasteiger charge is -2.14. The highest BCUT2D eigenvalue weighted by Gasteiger charge is 2.00. The first-order valence-electron chi connectivity index (χ1n) is 7.62. The third kappa shape index (κ3) is 13.9. The van der Waals surface area contributed by atoms with Crippen LogP contribution in [0.4, 0.5) is 0 Å². The van der Waals surface area contributed by atoms with Gasteiger partial charge in [-0.1, -0.05) is 39.0 Å². The Morgan fingerprint density at radius 3 is 2.44 bits per heavy atom. The van der Waals surface area contributed by atoms with Crippen LogP contribution in [-0.4, -0.2) is 51.3 Å². The summed E-state index contributed by atoms with van der Waals surface area (Å²) in [7, 11) is 4.14. The summed E-state index contributed by atoms with van der Waals surface area (Å²) < 4.78 is 5.55. The molecule has 0 aromatic carbocycles. The molecule has 0 aliphatic heterocycles. The zero-order valence-corrected chi connectivity index (χ0v) is 13.0. The smallest absolute Gasteiger partial charge is 0.0593 e. The Balaban J connectivity index is 3.14. The molecule has 3 heteroatoms. The summed E-state index contributed by atoms with van der Waals surface area (Å²) >= 11 is 0. The second-order valence-electron chi connectivity index (χ2n) is 5.47. The molecule has 0 rings (SSSR count). The van der Waals surface area contributed by atoms with Crippen molar-refractivity contribution in [2.75, 3.05) is 40.4 Å². The van der Waals surface area contributed by atoms with Gasteiger partial charge in [-0.25, -0.2) is 0 Å². The van der Waals surface area contributed by atoms with Crippen LogP contribution in [0.3, 0.4) is 0 Å². The van der Waals surface area contributed by atoms with Crippen molar-refractivity contribution < 1.29 is 4.74 Å². The molecule has 0 fully saturated rings. The first kappa shape index (κ1) is 17.9. The van der Waals surface area contributed by atoms with Crippen molar-refractivity contribution in [2.45, 2.75) is 58.4 Å². The van der Waals surface area contributed by atoms with Crippen molar-refractivity contribution in [1.82, 2.24) is 10.2 Å². The Hall–Kier alpha value is -0.120. The molecule has 0 amide bonds. The standard InChI is InChI=1S/C15H34N2O/c1-5-6-7-8-9-10-15(2)16-11-13-18-14-12-17(3)4/h15-16H,5-14H2,1-4H3. The maximum Gasteiger partial charge on any atom is 0.0593 e. The van der Waals surface area contributed by atoms with Crippen LogP contribution >= 0.6 is 0 Å². The first-order valence-corrected chi connectivity index (χ1v) is 7.62. The molecular formula is C15H34N2O. The Labute approximate surface area is 114 Å². The van der Waals surface area contributed by atoms with Crippen molar-refractivity contribution in [3.8, 4) is 0 Å². The number of hydrogen-bond donors (Lipinski definition) is 1. The molecule has 0 heterocycles. The SMILES string of the molecule is CCCCCCCC(C)NCCOCCN(C)C. The largest absolute Gasteiger partial charge is 0.379 e. The van der Waals surface area contributed by atoms with E-state index in [1.165, 1.54) is 38.5 Å². The van der Waals surface area contributed by atoms with E-state index in [-0.39, 0.29) is 0 Å². The lowest BCUT2D eigenvalue weighted by Crippen LogP contribution is -2.30. The van der Waals surface area contributed by atoms with E-state index in [0.717, 1.165) is 26.3 Å². The van der Waals surface area contributed by atoms with Gasteiger partial charge in [0.25, 0.3) is 0 Å². The molecule has 0 aromatic heterocycles. The molecule has 0 saturated carbocycles. The fourth-order valence-corrected chi connectivity index (χ4v) is 1.88. The van der Waals surface area contributed by atoms with Crippen LogP contribution in [0.15, 0.2) is 0 Å². The van der Waals surface area contributed by atoms with Crippen LogP contribution < -0.4 is 5.32 Å². The average Bonchev–Trinajstić information content (AvgIpc) is 2.33. The minimum atomic E-state index is 0.629. The predicted octanol–water partition coefficient (Wildman–Crippen LogP) is 2.90. The van der Waals surface area contributed by atoms with Gasteiger partial charge < -0.3 is 15.0 Å². The lowest BCUT2D eigenvalue weighted by molar-refractivity contribution is 0.117. The number of unbranched alkanes of at least 4 members (excludes halogenated alkanes) is 4. The molecule has 0 radical (unpaired) electrons. The van der Waals surface area contributed by atoms with Crippen LogP contribution in [-0.2, 0) is 4.74 Å². The Kier molecular flexibility index (Phi) is 13.2. The number of hydrogen-bond acceptors (Lipinski definition) is 3. The molecule has 0 bridgehead atoms. The summed E-state index contributed by atoms with van der Waals surface area (Å²) in [5.41, 5.74) is 0. The highest BCUT2D eigenvalue weighted by Crippen LogP contribution is 2.06. The van der Waals surface area contributed by atoms with Gasteiger partial charge in [0.15, 0.2) is 0 Å². The molecule has 1 atom stereocenters. The fourth-order valence-electron chi connectivity index (χ4n) is 1.88. The normalized spacial score (nSPS) is 13.2. The Morgan fingerprint density at radius 2 is 1.78 bits per heavy atom. The van der Waals surface area contributed by atoms with E-state index in [2.05, 4.69) is 38.2 Å². The fraction of sp³-hybridized carbons (Fsp3) is 1.00. The van der Waals surface area contributed by atoms with Gasteiger partial charge in [0, 0.05) is 19.1 Å². The first-order chi connectivity index (χ1) is 8.66. The molecule has 1 unspecified atom stereocenters. The topological polar surface area (TPSA) is 24.5 Å². The number of rotatable bonds is 13. The quantitative estimate of drug-likeness (QED) is 0.514. The summed E-state index contributed by atoms with van der Waals surface area (Å²) in [6.45, 7) is 8.19. The van der Waals surface area contributed by atoms with Gasteiger partial charge in [-0.2, -0.15) is 0 Å². The van der Waals surface area contributed by atoms with Crippen molar-refractivity contribution in [3.63, 3.8) is 0 Å². The molecule has 3 nitrogen and oxygen atoms in total. The monoisotopic (exact) mass is 258 g/mol. The van der Waals surface area contributed by atoms with E-state index in [0.29, 0.717) is 6.04 Å². The summed E-state index contributed by atoms with van der Waals surface area (Å²) in [5, 5.41) is 3.52. The van der Waals surface area contributed by atoms with E-state index >= 15 is 0 Å². The molecular weight excluding hydrogens is 224 g/mol. The highest BCUT2D eigenvalue weighted by atomic mass is 16.5. The van der Waals surface area contributed by atoms with Crippen molar-refractivity contribution in [1.29, 1.82) is 0 Å². The third-order valence-corrected chi connectivity index (χ3v) is 3.16. The molecule has 110 valence electrons. The second-order valence-corrected chi connectivity index (χ2v) is 5.47. The van der Waals surface area contributed by atoms with Crippen molar-refractivity contribution in [2.24, 2.45) is 0 Å². The molecule has 1 N–H and O–H groups in total. The van der Waals surface area contributed by atoms with E-state index in [9.17, 15) is 0 Å². The van der Waals surface area contributed by atoms with Gasteiger partial charge in [0.05, 0.1) is 13.2 Å². The number of nitrogens with one attached hydrogen (secondary N) is 1. The summed E-state index contributed by atoms with van der Waals surface area (Å²) in [6, 6.07) is 0.629. The van der Waals surface area contributed by atoms with Gasteiger partial charge >= 0.3 is 0 Å². The average molecular weight is 258 g/mol. The van der Waals surface area contributed by atoms with Crippen LogP contribution in [0, 0.1) is 0 Å². The van der Waals surface area contributed by atoms with Crippen molar-refractivity contribution >= 4 is 0 Å². The minimum Gasteiger partial charge on any atom is -0.379 e. The molecule has 0 aliphatic rings. The van der Waals surface area contributed by atoms with E-state index in [1.54, 1.807) is 0 Å². The van der Waals surface area contributed by atoms with Gasteiger partial charge in [-0.3, -0.25) is 0 Å². The van der Waals surface area contributed by atoms with Crippen LogP contribution in [0.1, 0.15) is 52.4 Å². The second kappa shape index (κ2) is 13.3. The Morgan fingerprint density at radius 1 is 1.06 bits per heavy atom. The third-order valence-electron chi connectivity index (χ3n) is 3.16. The summed E-state index contributed by atoms with van der Waals surface area (Å²) in [6.07, 6.45) is 8.16. The molecule has 0 spiro atoms. The van der Waals surface area contributed by atoms with Crippen LogP contribution in [0.25, 0.3) is 0 Å². The Bertz CT molecular complexity index is 163. The zero-order valence-electron chi connectivity index (χ0n) is 13.0. The van der Waals surface area contributed by atoms with Gasteiger partial charge in [-0.15, -0.1) is 0 Å². The van der Waals surface area contributed by atoms with Crippen LogP contribution in [0.5, 0.6) is 0 Å². The highest BCUT2D eigenvalue weighted by molar-refractivity contribution is 4.60. The molecule has 0 saturated heterocycles.